The lowest BCUT2D eigenvalue weighted by Gasteiger charge is -2.18. The van der Waals surface area contributed by atoms with Crippen molar-refractivity contribution in [3.63, 3.8) is 0 Å². The fraction of sp³-hybridized carbons (Fsp3) is 0.375. The van der Waals surface area contributed by atoms with Gasteiger partial charge in [0.25, 0.3) is 11.6 Å². The van der Waals surface area contributed by atoms with Gasteiger partial charge >= 0.3 is 0 Å². The molecule has 0 aliphatic heterocycles. The van der Waals surface area contributed by atoms with E-state index in [-0.39, 0.29) is 23.2 Å². The smallest absolute Gasteiger partial charge is 0.293 e. The van der Waals surface area contributed by atoms with Crippen LogP contribution in [0.3, 0.4) is 0 Å². The Hall–Kier alpha value is -2.48. The third kappa shape index (κ3) is 4.29. The molecule has 1 aromatic carbocycles. The highest BCUT2D eigenvalue weighted by Crippen LogP contribution is 2.29. The number of carbonyl (C=O) groups excluding carboxylic acids is 1. The number of nitro benzene ring substituents is 1. The molecule has 0 aliphatic carbocycles. The van der Waals surface area contributed by atoms with Crippen molar-refractivity contribution in [3.8, 4) is 0 Å². The Balaban J connectivity index is 2.29. The van der Waals surface area contributed by atoms with Crippen LogP contribution in [-0.4, -0.2) is 28.9 Å². The minimum atomic E-state index is -0.468. The van der Waals surface area contributed by atoms with E-state index in [0.29, 0.717) is 12.2 Å². The molecule has 0 saturated carbocycles. The van der Waals surface area contributed by atoms with Crippen LogP contribution in [0.4, 0.5) is 11.4 Å². The largest absolute Gasteiger partial charge is 0.363 e. The van der Waals surface area contributed by atoms with Crippen molar-refractivity contribution in [2.45, 2.75) is 33.4 Å². The molecular weight excluding hydrogens is 328 g/mol. The topological polar surface area (TPSA) is 88.4 Å². The van der Waals surface area contributed by atoms with Crippen LogP contribution in [0.2, 0.25) is 0 Å². The average molecular weight is 348 g/mol. The van der Waals surface area contributed by atoms with E-state index >= 15 is 0 Å². The van der Waals surface area contributed by atoms with Crippen molar-refractivity contribution < 1.29 is 9.72 Å². The number of nitro groups is 1. The van der Waals surface area contributed by atoms with E-state index in [1.807, 2.05) is 26.2 Å². The molecule has 0 atom stereocenters. The number of carbonyl (C=O) groups is 1. The summed E-state index contributed by atoms with van der Waals surface area (Å²) in [5.41, 5.74) is 1.49. The lowest BCUT2D eigenvalue weighted by molar-refractivity contribution is -0.384. The van der Waals surface area contributed by atoms with E-state index in [4.69, 9.17) is 0 Å². The molecule has 1 amide bonds. The molecule has 24 heavy (non-hydrogen) atoms. The van der Waals surface area contributed by atoms with Gasteiger partial charge < -0.3 is 10.2 Å². The number of nitrogens with one attached hydrogen (secondary N) is 1. The highest BCUT2D eigenvalue weighted by Gasteiger charge is 2.21. The van der Waals surface area contributed by atoms with Crippen LogP contribution >= 0.6 is 11.3 Å². The molecular formula is C16H20N4O3S. The van der Waals surface area contributed by atoms with Crippen LogP contribution in [0.25, 0.3) is 0 Å². The third-order valence-corrected chi connectivity index (χ3v) is 4.15. The molecule has 2 aromatic rings. The molecule has 0 saturated heterocycles. The Kier molecular flexibility index (Phi) is 5.50. The summed E-state index contributed by atoms with van der Waals surface area (Å²) < 4.78 is 0. The van der Waals surface area contributed by atoms with Crippen LogP contribution in [-0.2, 0) is 6.54 Å². The van der Waals surface area contributed by atoms with Gasteiger partial charge in [0, 0.05) is 30.1 Å². The van der Waals surface area contributed by atoms with Crippen LogP contribution in [0.5, 0.6) is 0 Å². The van der Waals surface area contributed by atoms with E-state index in [1.165, 1.54) is 17.4 Å². The average Bonchev–Trinajstić information content (AvgIpc) is 2.90. The van der Waals surface area contributed by atoms with Crippen molar-refractivity contribution in [2.24, 2.45) is 0 Å². The highest BCUT2D eigenvalue weighted by atomic mass is 32.1. The summed E-state index contributed by atoms with van der Waals surface area (Å²) in [6.07, 6.45) is 0. The van der Waals surface area contributed by atoms with Gasteiger partial charge in [-0.25, -0.2) is 4.98 Å². The predicted octanol–water partition coefficient (Wildman–Crippen LogP) is 3.13. The fourth-order valence-electron chi connectivity index (χ4n) is 2.29. The molecule has 0 aliphatic rings. The van der Waals surface area contributed by atoms with E-state index in [2.05, 4.69) is 10.3 Å². The van der Waals surface area contributed by atoms with Gasteiger partial charge in [-0.05, 0) is 32.9 Å². The number of anilines is 1. The summed E-state index contributed by atoms with van der Waals surface area (Å²) in [7, 11) is 1.77. The Bertz CT molecular complexity index is 758. The molecule has 128 valence electrons. The van der Waals surface area contributed by atoms with Crippen molar-refractivity contribution in [3.05, 3.63) is 50.0 Å². The number of thiazole rings is 1. The molecule has 0 radical (unpaired) electrons. The van der Waals surface area contributed by atoms with Crippen molar-refractivity contribution >= 4 is 28.6 Å². The Labute approximate surface area is 144 Å². The second-order valence-electron chi connectivity index (χ2n) is 5.80. The fourth-order valence-corrected chi connectivity index (χ4v) is 2.89. The van der Waals surface area contributed by atoms with Gasteiger partial charge in [-0.2, -0.15) is 0 Å². The molecule has 7 nitrogen and oxygen atoms in total. The Morgan fingerprint density at radius 1 is 1.46 bits per heavy atom. The van der Waals surface area contributed by atoms with E-state index < -0.39 is 4.92 Å². The van der Waals surface area contributed by atoms with Crippen molar-refractivity contribution in [2.75, 3.05) is 11.9 Å². The monoisotopic (exact) mass is 348 g/mol. The lowest BCUT2D eigenvalue weighted by atomic mass is 10.1. The minimum absolute atomic E-state index is 0.0354. The number of hydrogen-bond donors (Lipinski definition) is 1. The highest BCUT2D eigenvalue weighted by molar-refractivity contribution is 7.09. The lowest BCUT2D eigenvalue weighted by Crippen LogP contribution is -2.30. The van der Waals surface area contributed by atoms with Crippen LogP contribution in [0.15, 0.2) is 23.6 Å². The first-order valence-corrected chi connectivity index (χ1v) is 8.37. The van der Waals surface area contributed by atoms with E-state index in [9.17, 15) is 14.9 Å². The first kappa shape index (κ1) is 17.9. The number of benzene rings is 1. The van der Waals surface area contributed by atoms with E-state index in [0.717, 1.165) is 10.7 Å². The summed E-state index contributed by atoms with van der Waals surface area (Å²) in [4.78, 5) is 29.1. The number of nitrogens with zero attached hydrogens (tertiary/aromatic N) is 3. The van der Waals surface area contributed by atoms with Crippen LogP contribution in [0, 0.1) is 17.0 Å². The Morgan fingerprint density at radius 3 is 2.71 bits per heavy atom. The van der Waals surface area contributed by atoms with E-state index in [1.54, 1.807) is 24.1 Å². The molecule has 0 bridgehead atoms. The minimum Gasteiger partial charge on any atom is -0.363 e. The SMILES string of the molecule is Cc1nc(CN(C)c2ccc(C(=O)NC(C)C)cc2[N+](=O)[O-])cs1. The van der Waals surface area contributed by atoms with Gasteiger partial charge in [0.1, 0.15) is 5.69 Å². The third-order valence-electron chi connectivity index (χ3n) is 3.33. The normalized spacial score (nSPS) is 10.7. The first-order chi connectivity index (χ1) is 11.3. The van der Waals surface area contributed by atoms with Crippen LogP contribution < -0.4 is 10.2 Å². The molecule has 8 heteroatoms. The van der Waals surface area contributed by atoms with Gasteiger partial charge in [0.15, 0.2) is 0 Å². The van der Waals surface area contributed by atoms with Crippen molar-refractivity contribution in [1.82, 2.24) is 10.3 Å². The van der Waals surface area contributed by atoms with Gasteiger partial charge in [-0.15, -0.1) is 11.3 Å². The first-order valence-electron chi connectivity index (χ1n) is 7.49. The standard InChI is InChI=1S/C16H20N4O3S/c1-10(2)17-16(21)12-5-6-14(15(7-12)20(22)23)19(4)8-13-9-24-11(3)18-13/h5-7,9-10H,8H2,1-4H3,(H,17,21). The maximum atomic E-state index is 12.0. The van der Waals surface area contributed by atoms with Gasteiger partial charge in [-0.1, -0.05) is 0 Å². The summed E-state index contributed by atoms with van der Waals surface area (Å²) in [6, 6.07) is 4.48. The summed E-state index contributed by atoms with van der Waals surface area (Å²) in [5, 5.41) is 17.0. The molecule has 1 aromatic heterocycles. The second-order valence-corrected chi connectivity index (χ2v) is 6.86. The predicted molar refractivity (Wildman–Crippen MR) is 94.7 cm³/mol. The molecule has 0 fully saturated rings. The number of aryl methyl sites for hydroxylation is 1. The second kappa shape index (κ2) is 7.39. The van der Waals surface area contributed by atoms with Gasteiger partial charge in [0.2, 0.25) is 0 Å². The zero-order valence-electron chi connectivity index (χ0n) is 14.1. The summed E-state index contributed by atoms with van der Waals surface area (Å²) >= 11 is 1.54. The van der Waals surface area contributed by atoms with Crippen LogP contribution in [0.1, 0.15) is 34.9 Å². The quantitative estimate of drug-likeness (QED) is 0.640. The number of hydrogen-bond acceptors (Lipinski definition) is 6. The number of amides is 1. The number of aromatic nitrogens is 1. The zero-order chi connectivity index (χ0) is 17.9. The molecule has 1 N–H and O–H groups in total. The molecule has 2 rings (SSSR count). The number of rotatable bonds is 6. The zero-order valence-corrected chi connectivity index (χ0v) is 14.9. The molecule has 1 heterocycles. The Morgan fingerprint density at radius 2 is 2.17 bits per heavy atom. The van der Waals surface area contributed by atoms with Gasteiger partial charge in [0.05, 0.1) is 22.2 Å². The maximum absolute atomic E-state index is 12.0. The molecule has 0 spiro atoms. The van der Waals surface area contributed by atoms with Gasteiger partial charge in [-0.3, -0.25) is 14.9 Å². The molecule has 0 unspecified atom stereocenters. The summed E-state index contributed by atoms with van der Waals surface area (Å²) in [5.74, 6) is -0.322. The van der Waals surface area contributed by atoms with Crippen molar-refractivity contribution in [1.29, 1.82) is 0 Å². The summed E-state index contributed by atoms with van der Waals surface area (Å²) in [6.45, 7) is 6.05. The maximum Gasteiger partial charge on any atom is 0.293 e.